The van der Waals surface area contributed by atoms with Crippen molar-refractivity contribution in [3.05, 3.63) is 105 Å². The van der Waals surface area contributed by atoms with Crippen LogP contribution in [0.25, 0.3) is 10.4 Å². The fourth-order valence-electron chi connectivity index (χ4n) is 4.43. The number of alkyl halides is 3. The summed E-state index contributed by atoms with van der Waals surface area (Å²) in [5, 5.41) is 15.4. The summed E-state index contributed by atoms with van der Waals surface area (Å²) in [7, 11) is 0. The lowest BCUT2D eigenvalue weighted by Crippen LogP contribution is -2.52. The number of aliphatic imine (C=N–C) groups is 1. The molecule has 3 aromatic carbocycles. The Morgan fingerprint density at radius 2 is 1.93 bits per heavy atom. The molecule has 12 heteroatoms. The predicted octanol–water partition coefficient (Wildman–Crippen LogP) is 5.87. The molecule has 0 aromatic heterocycles. The van der Waals surface area contributed by atoms with Gasteiger partial charge in [-0.3, -0.25) is 4.79 Å². The van der Waals surface area contributed by atoms with Gasteiger partial charge in [0.1, 0.15) is 11.9 Å². The summed E-state index contributed by atoms with van der Waals surface area (Å²) in [5.74, 6) is 0.231. The molecule has 1 heterocycles. The van der Waals surface area contributed by atoms with Crippen LogP contribution in [-0.2, 0) is 28.7 Å². The van der Waals surface area contributed by atoms with Crippen LogP contribution < -0.4 is 10.1 Å². The van der Waals surface area contributed by atoms with Gasteiger partial charge in [-0.25, -0.2) is 4.99 Å². The molecular weight excluding hydrogens is 539 g/mol. The maximum atomic E-state index is 13.8. The van der Waals surface area contributed by atoms with Crippen molar-refractivity contribution in [1.29, 1.82) is 0 Å². The minimum atomic E-state index is -4.52. The number of carbonyl (C=O) groups excluding carboxylic acids is 1. The molecule has 0 unspecified atom stereocenters. The van der Waals surface area contributed by atoms with Gasteiger partial charge in [-0.1, -0.05) is 41.5 Å². The van der Waals surface area contributed by atoms with Gasteiger partial charge in [0.2, 0.25) is 5.90 Å². The first kappa shape index (κ1) is 29.4. The van der Waals surface area contributed by atoms with Crippen molar-refractivity contribution >= 4 is 17.5 Å². The van der Waals surface area contributed by atoms with Gasteiger partial charge in [0.05, 0.1) is 12.2 Å². The van der Waals surface area contributed by atoms with E-state index in [-0.39, 0.29) is 31.0 Å². The number of halogens is 3. The number of aliphatic hydroxyl groups excluding tert-OH is 1. The van der Waals surface area contributed by atoms with Crippen LogP contribution in [0.3, 0.4) is 0 Å². The van der Waals surface area contributed by atoms with Crippen molar-refractivity contribution in [2.75, 3.05) is 13.2 Å². The monoisotopic (exact) mass is 567 g/mol. The van der Waals surface area contributed by atoms with Crippen molar-refractivity contribution in [3.63, 3.8) is 0 Å². The molecule has 1 aliphatic heterocycles. The molecule has 0 radical (unpaired) electrons. The largest absolute Gasteiger partial charge is 0.494 e. The number of ether oxygens (including phenoxy) is 2. The second kappa shape index (κ2) is 12.8. The molecule has 3 aromatic rings. The van der Waals surface area contributed by atoms with Crippen LogP contribution in [-0.4, -0.2) is 41.8 Å². The Balaban J connectivity index is 1.66. The molecule has 214 valence electrons. The third kappa shape index (κ3) is 6.97. The van der Waals surface area contributed by atoms with E-state index in [0.717, 1.165) is 12.1 Å². The lowest BCUT2D eigenvalue weighted by atomic mass is 9.85. The van der Waals surface area contributed by atoms with Gasteiger partial charge < -0.3 is 19.9 Å². The van der Waals surface area contributed by atoms with E-state index in [2.05, 4.69) is 15.3 Å². The van der Waals surface area contributed by atoms with Crippen molar-refractivity contribution in [1.82, 2.24) is 5.32 Å². The van der Waals surface area contributed by atoms with Crippen LogP contribution >= 0.6 is 0 Å². The number of amides is 1. The van der Waals surface area contributed by atoms with Gasteiger partial charge in [0.25, 0.3) is 5.91 Å². The second-order valence-electron chi connectivity index (χ2n) is 9.43. The van der Waals surface area contributed by atoms with Gasteiger partial charge in [0, 0.05) is 42.2 Å². The molecule has 0 saturated heterocycles. The average molecular weight is 568 g/mol. The number of nitrogens with zero attached hydrogens (tertiary/aromatic N) is 4. The minimum Gasteiger partial charge on any atom is -0.494 e. The van der Waals surface area contributed by atoms with Crippen molar-refractivity contribution in [2.45, 2.75) is 44.1 Å². The van der Waals surface area contributed by atoms with E-state index >= 15 is 0 Å². The van der Waals surface area contributed by atoms with E-state index in [1.165, 1.54) is 12.1 Å². The molecule has 0 aliphatic carbocycles. The zero-order valence-corrected chi connectivity index (χ0v) is 22.1. The first-order valence-electron chi connectivity index (χ1n) is 12.8. The quantitative estimate of drug-likeness (QED) is 0.130. The number of benzene rings is 3. The van der Waals surface area contributed by atoms with Gasteiger partial charge in [-0.2, -0.15) is 13.2 Å². The van der Waals surface area contributed by atoms with Gasteiger partial charge in [-0.05, 0) is 60.0 Å². The van der Waals surface area contributed by atoms with Crippen molar-refractivity contribution < 1.29 is 32.5 Å². The predicted molar refractivity (Wildman–Crippen MR) is 146 cm³/mol. The van der Waals surface area contributed by atoms with Crippen LogP contribution in [0.2, 0.25) is 0 Å². The van der Waals surface area contributed by atoms with Crippen LogP contribution in [0.4, 0.5) is 18.9 Å². The summed E-state index contributed by atoms with van der Waals surface area (Å²) in [4.78, 5) is 21.4. The Kier molecular flexibility index (Phi) is 9.16. The highest BCUT2D eigenvalue weighted by molar-refractivity contribution is 6.01. The Morgan fingerprint density at radius 1 is 1.17 bits per heavy atom. The van der Waals surface area contributed by atoms with Crippen LogP contribution in [0.5, 0.6) is 5.75 Å². The fourth-order valence-corrected chi connectivity index (χ4v) is 4.43. The lowest BCUT2D eigenvalue weighted by molar-refractivity contribution is -0.137. The van der Waals surface area contributed by atoms with Gasteiger partial charge >= 0.3 is 6.18 Å². The summed E-state index contributed by atoms with van der Waals surface area (Å²) in [6.07, 6.45) is -4.80. The fraction of sp³-hybridized carbons (Fsp3) is 0.310. The third-order valence-corrected chi connectivity index (χ3v) is 6.64. The van der Waals surface area contributed by atoms with Crippen LogP contribution in [0.1, 0.15) is 35.6 Å². The lowest BCUT2D eigenvalue weighted by Gasteiger charge is -2.28. The Labute approximate surface area is 234 Å². The first-order valence-corrected chi connectivity index (χ1v) is 12.8. The number of nitrogens with one attached hydrogen (secondary N) is 1. The van der Waals surface area contributed by atoms with E-state index in [4.69, 9.17) is 25.1 Å². The number of carbonyl (C=O) groups is 1. The third-order valence-electron chi connectivity index (χ3n) is 6.64. The van der Waals surface area contributed by atoms with Gasteiger partial charge in [0.15, 0.2) is 5.54 Å². The maximum Gasteiger partial charge on any atom is 0.416 e. The number of rotatable bonds is 11. The molecule has 2 N–H and O–H groups in total. The number of azide groups is 1. The molecule has 4 rings (SSSR count). The molecule has 41 heavy (non-hydrogen) atoms. The van der Waals surface area contributed by atoms with Crippen molar-refractivity contribution in [3.8, 4) is 5.75 Å². The smallest absolute Gasteiger partial charge is 0.416 e. The normalized spacial score (nSPS) is 18.2. The molecule has 1 amide bonds. The first-order chi connectivity index (χ1) is 19.7. The Hall–Kier alpha value is -4.54. The highest BCUT2D eigenvalue weighted by atomic mass is 19.4. The summed E-state index contributed by atoms with van der Waals surface area (Å²) in [5.41, 5.74) is 8.41. The van der Waals surface area contributed by atoms with Crippen LogP contribution in [0.15, 0.2) is 82.9 Å². The number of hydrogen-bond donors (Lipinski definition) is 2. The maximum absolute atomic E-state index is 13.8. The van der Waals surface area contributed by atoms with Crippen molar-refractivity contribution in [2.24, 2.45) is 10.1 Å². The van der Waals surface area contributed by atoms with E-state index in [0.29, 0.717) is 35.6 Å². The Morgan fingerprint density at radius 3 is 2.63 bits per heavy atom. The molecule has 0 saturated carbocycles. The van der Waals surface area contributed by atoms with Crippen LogP contribution in [0, 0.1) is 0 Å². The second-order valence-corrected chi connectivity index (χ2v) is 9.43. The van der Waals surface area contributed by atoms with E-state index in [1.54, 1.807) is 55.5 Å². The molecule has 0 bridgehead atoms. The topological polar surface area (TPSA) is 129 Å². The Bertz CT molecular complexity index is 1460. The van der Waals surface area contributed by atoms with E-state index in [9.17, 15) is 18.0 Å². The summed E-state index contributed by atoms with van der Waals surface area (Å²) >= 11 is 0. The highest BCUT2D eigenvalue weighted by Gasteiger charge is 2.50. The zero-order chi connectivity index (χ0) is 29.5. The molecule has 9 nitrogen and oxygen atoms in total. The summed E-state index contributed by atoms with van der Waals surface area (Å²) in [6, 6.07) is 18.4. The molecule has 0 spiro atoms. The zero-order valence-electron chi connectivity index (χ0n) is 22.1. The summed E-state index contributed by atoms with van der Waals surface area (Å²) in [6.45, 7) is 1.88. The molecule has 2 atom stereocenters. The SMILES string of the molecule is C[C@H]1OC(c2ccc(OCCCO)cc2)=N[C@@]1(Cc1ccccc1N=[N+]=[N-])C(=O)NCc1cccc(C(F)(F)F)c1. The van der Waals surface area contributed by atoms with Gasteiger partial charge in [-0.15, -0.1) is 0 Å². The highest BCUT2D eigenvalue weighted by Crippen LogP contribution is 2.35. The standard InChI is InChI=1S/C29H28F3N5O4/c1-19-28(17-22-7-2-3-9-25(22)36-37-33,27(39)34-18-20-6-4-8-23(16-20)29(30,31)32)35-26(41-19)21-10-12-24(13-11-21)40-15-5-14-38/h2-4,6-13,16,19,38H,5,14-15,17-18H2,1H3,(H,34,39)/t19-,28-/m1/s1. The average Bonchev–Trinajstić information content (AvgIpc) is 3.30. The molecular formula is C29H28F3N5O4. The molecule has 0 fully saturated rings. The minimum absolute atomic E-state index is 0.00361. The number of aliphatic hydroxyl groups is 1. The van der Waals surface area contributed by atoms with E-state index < -0.39 is 29.3 Å². The summed E-state index contributed by atoms with van der Waals surface area (Å²) < 4.78 is 51.2. The van der Waals surface area contributed by atoms with E-state index in [1.807, 2.05) is 0 Å². The number of hydrogen-bond acceptors (Lipinski definition) is 6. The molecule has 1 aliphatic rings.